The van der Waals surface area contributed by atoms with Crippen LogP contribution in [0.25, 0.3) is 0 Å². The Balaban J connectivity index is 1.52. The van der Waals surface area contributed by atoms with Crippen LogP contribution in [0.3, 0.4) is 0 Å². The second-order valence-electron chi connectivity index (χ2n) is 7.75. The van der Waals surface area contributed by atoms with Crippen molar-refractivity contribution in [3.8, 4) is 6.01 Å². The molecule has 160 valence electrons. The molecule has 0 atom stereocenters. The zero-order valence-electron chi connectivity index (χ0n) is 19.4. The zero-order valence-corrected chi connectivity index (χ0v) is 17.4. The summed E-state index contributed by atoms with van der Waals surface area (Å²) >= 11 is 0. The van der Waals surface area contributed by atoms with Crippen molar-refractivity contribution in [1.29, 1.82) is 0 Å². The predicted molar refractivity (Wildman–Crippen MR) is 117 cm³/mol. The van der Waals surface area contributed by atoms with E-state index in [1.165, 1.54) is 25.3 Å². The molecule has 8 heteroatoms. The molecule has 1 saturated heterocycles. The maximum atomic E-state index is 12.3. The van der Waals surface area contributed by atoms with Gasteiger partial charge in [0, 0.05) is 15.8 Å². The number of nitrogens with one attached hydrogen (secondary N) is 1. The summed E-state index contributed by atoms with van der Waals surface area (Å²) in [5.41, 5.74) is 8.80. The van der Waals surface area contributed by atoms with Crippen LogP contribution in [0.4, 0.5) is 17.3 Å². The van der Waals surface area contributed by atoms with Crippen LogP contribution in [0.2, 0.25) is 0 Å². The molecule has 0 saturated carbocycles. The molecule has 8 nitrogen and oxygen atoms in total. The number of nitrogens with zero attached hydrogens (tertiary/aromatic N) is 4. The summed E-state index contributed by atoms with van der Waals surface area (Å²) in [7, 11) is 0. The van der Waals surface area contributed by atoms with Crippen molar-refractivity contribution >= 4 is 23.2 Å². The lowest BCUT2D eigenvalue weighted by Crippen LogP contribution is -2.39. The Hall–Kier alpha value is -2.87. The molecule has 1 aromatic heterocycles. The van der Waals surface area contributed by atoms with E-state index in [9.17, 15) is 4.79 Å². The van der Waals surface area contributed by atoms with Gasteiger partial charge in [-0.2, -0.15) is 9.97 Å². The number of amides is 1. The molecule has 0 aliphatic carbocycles. The molecule has 3 heterocycles. The third-order valence-corrected chi connectivity index (χ3v) is 5.35. The molecule has 3 N–H and O–H groups in total. The maximum Gasteiger partial charge on any atom is 0.320 e. The standard InChI is InChI=1S/C22H30N6O2/c1-2-3-11-30-22-25-20(23)19-21(26-22)28(15-18(29)24-19)14-17-8-6-7-16(12-17)13-27-9-4-5-10-27/h6-8,12H,2-5,9-11,13-15H2,1H3,(H,24,29)(H2,23,25,26)/i2D2. The Kier molecular flexibility index (Phi) is 5.56. The van der Waals surface area contributed by atoms with Gasteiger partial charge in [0.1, 0.15) is 5.69 Å². The number of nitrogen functional groups attached to an aromatic ring is 1. The lowest BCUT2D eigenvalue weighted by atomic mass is 10.1. The minimum atomic E-state index is -1.35. The number of anilines is 3. The van der Waals surface area contributed by atoms with E-state index in [4.69, 9.17) is 13.2 Å². The van der Waals surface area contributed by atoms with Crippen LogP contribution in [0.5, 0.6) is 6.01 Å². The molecule has 1 fully saturated rings. The number of aromatic nitrogens is 2. The molecule has 0 bridgehead atoms. The number of benzene rings is 1. The van der Waals surface area contributed by atoms with Crippen molar-refractivity contribution in [2.45, 2.75) is 45.6 Å². The number of rotatable bonds is 8. The number of hydrogen-bond donors (Lipinski definition) is 2. The fraction of sp³-hybridized carbons (Fsp3) is 0.500. The highest BCUT2D eigenvalue weighted by Crippen LogP contribution is 2.34. The number of carbonyl (C=O) groups is 1. The van der Waals surface area contributed by atoms with Crippen molar-refractivity contribution in [2.75, 3.05) is 42.2 Å². The summed E-state index contributed by atoms with van der Waals surface area (Å²) in [5, 5.41) is 2.76. The first kappa shape index (κ1) is 17.9. The van der Waals surface area contributed by atoms with E-state index in [1.54, 1.807) is 0 Å². The van der Waals surface area contributed by atoms with Gasteiger partial charge < -0.3 is 20.7 Å². The molecule has 1 amide bonds. The van der Waals surface area contributed by atoms with Crippen LogP contribution in [-0.2, 0) is 17.9 Å². The summed E-state index contributed by atoms with van der Waals surface area (Å²) in [6.07, 6.45) is 1.37. The van der Waals surface area contributed by atoms with Gasteiger partial charge in [0.25, 0.3) is 0 Å². The number of likely N-dealkylation sites (tertiary alicyclic amines) is 1. The minimum absolute atomic E-state index is 0.0782. The average molecular weight is 413 g/mol. The first-order chi connectivity index (χ1) is 15.3. The first-order valence-corrected chi connectivity index (χ1v) is 10.4. The third kappa shape index (κ3) is 4.81. The SMILES string of the molecule is [2H]C([2H])(C)CCOc1nc(N)c2c(n1)N(Cc1cccc(CN3CCCC3)c1)CC(=O)N2. The molecule has 0 spiro atoms. The van der Waals surface area contributed by atoms with E-state index in [0.717, 1.165) is 25.2 Å². The van der Waals surface area contributed by atoms with Crippen molar-refractivity contribution in [2.24, 2.45) is 0 Å². The van der Waals surface area contributed by atoms with E-state index in [0.29, 0.717) is 18.1 Å². The van der Waals surface area contributed by atoms with Crippen LogP contribution in [0, 0.1) is 0 Å². The van der Waals surface area contributed by atoms with Crippen molar-refractivity contribution < 1.29 is 12.3 Å². The van der Waals surface area contributed by atoms with Crippen LogP contribution in [0.15, 0.2) is 24.3 Å². The van der Waals surface area contributed by atoms with Crippen molar-refractivity contribution in [1.82, 2.24) is 14.9 Å². The third-order valence-electron chi connectivity index (χ3n) is 5.35. The number of hydrogen-bond acceptors (Lipinski definition) is 7. The molecule has 1 aromatic carbocycles. The van der Waals surface area contributed by atoms with Gasteiger partial charge in [-0.05, 0) is 43.5 Å². The number of fused-ring (bicyclic) bond motifs is 1. The molecule has 2 aliphatic rings. The van der Waals surface area contributed by atoms with Gasteiger partial charge in [-0.3, -0.25) is 9.69 Å². The Morgan fingerprint density at radius 2 is 2.00 bits per heavy atom. The molecule has 2 aliphatic heterocycles. The molecule has 30 heavy (non-hydrogen) atoms. The predicted octanol–water partition coefficient (Wildman–Crippen LogP) is 2.79. The first-order valence-electron chi connectivity index (χ1n) is 11.4. The fourth-order valence-electron chi connectivity index (χ4n) is 3.91. The molecule has 4 rings (SSSR count). The monoisotopic (exact) mass is 412 g/mol. The zero-order chi connectivity index (χ0) is 22.7. The van der Waals surface area contributed by atoms with E-state index in [-0.39, 0.29) is 37.3 Å². The van der Waals surface area contributed by atoms with E-state index in [1.807, 2.05) is 17.0 Å². The number of carbonyl (C=O) groups excluding carboxylic acids is 1. The molecule has 0 radical (unpaired) electrons. The lowest BCUT2D eigenvalue weighted by molar-refractivity contribution is -0.115. The fourth-order valence-corrected chi connectivity index (χ4v) is 3.91. The Morgan fingerprint density at radius 1 is 1.23 bits per heavy atom. The maximum absolute atomic E-state index is 12.3. The van der Waals surface area contributed by atoms with Gasteiger partial charge >= 0.3 is 6.01 Å². The highest BCUT2D eigenvalue weighted by atomic mass is 16.5. The molecular weight excluding hydrogens is 380 g/mol. The second-order valence-corrected chi connectivity index (χ2v) is 7.75. The average Bonchev–Trinajstić information content (AvgIpc) is 3.21. The van der Waals surface area contributed by atoms with E-state index in [2.05, 4.69) is 32.3 Å². The lowest BCUT2D eigenvalue weighted by Gasteiger charge is -2.30. The smallest absolute Gasteiger partial charge is 0.320 e. The van der Waals surface area contributed by atoms with Gasteiger partial charge in [-0.15, -0.1) is 0 Å². The van der Waals surface area contributed by atoms with Crippen molar-refractivity contribution in [3.63, 3.8) is 0 Å². The highest BCUT2D eigenvalue weighted by molar-refractivity contribution is 6.03. The van der Waals surface area contributed by atoms with E-state index >= 15 is 0 Å². The minimum Gasteiger partial charge on any atom is -0.463 e. The highest BCUT2D eigenvalue weighted by Gasteiger charge is 2.27. The number of ether oxygens (including phenoxy) is 1. The summed E-state index contributed by atoms with van der Waals surface area (Å²) in [4.78, 5) is 25.2. The molecular formula is C22H30N6O2. The van der Waals surface area contributed by atoms with Gasteiger partial charge in [-0.1, -0.05) is 37.6 Å². The van der Waals surface area contributed by atoms with Gasteiger partial charge in [0.05, 0.1) is 13.2 Å². The van der Waals surface area contributed by atoms with Crippen LogP contribution in [0.1, 0.15) is 46.4 Å². The summed E-state index contributed by atoms with van der Waals surface area (Å²) in [5.74, 6) is 0.468. The normalized spacial score (nSPS) is 17.9. The van der Waals surface area contributed by atoms with E-state index < -0.39 is 6.37 Å². The Bertz CT molecular complexity index is 975. The van der Waals surface area contributed by atoms with Crippen LogP contribution >= 0.6 is 0 Å². The van der Waals surface area contributed by atoms with Crippen LogP contribution in [-0.4, -0.2) is 47.0 Å². The van der Waals surface area contributed by atoms with Gasteiger partial charge in [0.15, 0.2) is 11.6 Å². The summed E-state index contributed by atoms with van der Waals surface area (Å²) in [6, 6.07) is 8.49. The van der Waals surface area contributed by atoms with Gasteiger partial charge in [0.2, 0.25) is 5.91 Å². The van der Waals surface area contributed by atoms with Gasteiger partial charge in [-0.25, -0.2) is 0 Å². The quantitative estimate of drug-likeness (QED) is 0.688. The summed E-state index contributed by atoms with van der Waals surface area (Å²) in [6.45, 7) is 5.49. The second kappa shape index (κ2) is 9.30. The Morgan fingerprint density at radius 3 is 2.77 bits per heavy atom. The Labute approximate surface area is 180 Å². The largest absolute Gasteiger partial charge is 0.463 e. The molecule has 0 unspecified atom stereocenters. The topological polar surface area (TPSA) is 96.6 Å². The van der Waals surface area contributed by atoms with Crippen LogP contribution < -0.4 is 20.7 Å². The summed E-state index contributed by atoms with van der Waals surface area (Å²) < 4.78 is 20.8. The molecule has 2 aromatic rings. The number of nitrogens with two attached hydrogens (primary N) is 1. The van der Waals surface area contributed by atoms with Crippen molar-refractivity contribution in [3.05, 3.63) is 35.4 Å².